The quantitative estimate of drug-likeness (QED) is 0.910. The molecular formula is C16H15F2NO3S. The normalized spacial score (nSPS) is 11.3. The highest BCUT2D eigenvalue weighted by molar-refractivity contribution is 7.91. The Labute approximate surface area is 133 Å². The van der Waals surface area contributed by atoms with Gasteiger partial charge in [0.1, 0.15) is 17.3 Å². The fourth-order valence-corrected chi connectivity index (χ4v) is 3.15. The van der Waals surface area contributed by atoms with Crippen LogP contribution in [0.25, 0.3) is 0 Å². The van der Waals surface area contributed by atoms with Gasteiger partial charge >= 0.3 is 0 Å². The zero-order chi connectivity index (χ0) is 17.0. The molecule has 0 unspecified atom stereocenters. The second-order valence-electron chi connectivity index (χ2n) is 5.03. The Morgan fingerprint density at radius 3 is 2.17 bits per heavy atom. The van der Waals surface area contributed by atoms with Crippen molar-refractivity contribution in [2.75, 3.05) is 11.1 Å². The van der Waals surface area contributed by atoms with Crippen molar-refractivity contribution in [3.8, 4) is 0 Å². The molecule has 7 heteroatoms. The molecule has 0 atom stereocenters. The van der Waals surface area contributed by atoms with Crippen LogP contribution in [-0.4, -0.2) is 20.1 Å². The van der Waals surface area contributed by atoms with Gasteiger partial charge in [-0.2, -0.15) is 0 Å². The summed E-state index contributed by atoms with van der Waals surface area (Å²) in [6, 6.07) is 9.40. The van der Waals surface area contributed by atoms with Crippen molar-refractivity contribution >= 4 is 21.4 Å². The first-order valence-electron chi connectivity index (χ1n) is 6.83. The van der Waals surface area contributed by atoms with E-state index in [4.69, 9.17) is 0 Å². The van der Waals surface area contributed by atoms with Gasteiger partial charge in [-0.15, -0.1) is 0 Å². The van der Waals surface area contributed by atoms with E-state index < -0.39 is 45.2 Å². The summed E-state index contributed by atoms with van der Waals surface area (Å²) < 4.78 is 51.0. The second kappa shape index (κ2) is 6.87. The first kappa shape index (κ1) is 17.1. The summed E-state index contributed by atoms with van der Waals surface area (Å²) in [6.45, 7) is 1.83. The number of para-hydroxylation sites is 1. The highest BCUT2D eigenvalue weighted by Crippen LogP contribution is 2.19. The van der Waals surface area contributed by atoms with Crippen LogP contribution in [0.2, 0.25) is 0 Å². The maximum absolute atomic E-state index is 13.4. The highest BCUT2D eigenvalue weighted by Gasteiger charge is 2.18. The van der Waals surface area contributed by atoms with Gasteiger partial charge in [-0.3, -0.25) is 4.79 Å². The lowest BCUT2D eigenvalue weighted by atomic mass is 10.2. The number of carbonyl (C=O) groups excluding carboxylic acids is 1. The van der Waals surface area contributed by atoms with Gasteiger partial charge in [0.25, 0.3) is 0 Å². The van der Waals surface area contributed by atoms with Gasteiger partial charge in [0.15, 0.2) is 9.84 Å². The first-order valence-corrected chi connectivity index (χ1v) is 8.48. The standard InChI is InChI=1S/C16H15F2NO3S/c1-11-5-7-12(8-6-11)23(21,22)10-9-15(20)19-16-13(17)3-2-4-14(16)18/h2-8H,9-10H2,1H3,(H,19,20). The summed E-state index contributed by atoms with van der Waals surface area (Å²) in [5, 5.41) is 2.06. The van der Waals surface area contributed by atoms with E-state index in [0.29, 0.717) is 0 Å². The van der Waals surface area contributed by atoms with Crippen LogP contribution >= 0.6 is 0 Å². The van der Waals surface area contributed by atoms with Crippen molar-refractivity contribution in [3.05, 3.63) is 59.7 Å². The summed E-state index contributed by atoms with van der Waals surface area (Å²) in [4.78, 5) is 11.8. The van der Waals surface area contributed by atoms with E-state index in [1.54, 1.807) is 12.1 Å². The summed E-state index contributed by atoms with van der Waals surface area (Å²) in [5.74, 6) is -3.05. The number of anilines is 1. The molecule has 0 aliphatic carbocycles. The number of sulfone groups is 1. The molecule has 23 heavy (non-hydrogen) atoms. The maximum atomic E-state index is 13.4. The van der Waals surface area contributed by atoms with Crippen LogP contribution in [0.1, 0.15) is 12.0 Å². The molecule has 0 aromatic heterocycles. The summed E-state index contributed by atoms with van der Waals surface area (Å²) in [5.41, 5.74) is 0.335. The molecule has 0 saturated heterocycles. The van der Waals surface area contributed by atoms with Gasteiger partial charge in [0, 0.05) is 6.42 Å². The third-order valence-electron chi connectivity index (χ3n) is 3.21. The number of hydrogen-bond acceptors (Lipinski definition) is 3. The number of hydrogen-bond donors (Lipinski definition) is 1. The van der Waals surface area contributed by atoms with E-state index in [0.717, 1.165) is 17.7 Å². The van der Waals surface area contributed by atoms with Gasteiger partial charge in [-0.05, 0) is 31.2 Å². The van der Waals surface area contributed by atoms with Crippen LogP contribution in [0.5, 0.6) is 0 Å². The fourth-order valence-electron chi connectivity index (χ4n) is 1.91. The van der Waals surface area contributed by atoms with Gasteiger partial charge in [-0.1, -0.05) is 23.8 Å². The topological polar surface area (TPSA) is 63.2 Å². The number of carbonyl (C=O) groups is 1. The molecule has 4 nitrogen and oxygen atoms in total. The van der Waals surface area contributed by atoms with Crippen LogP contribution < -0.4 is 5.32 Å². The van der Waals surface area contributed by atoms with Gasteiger partial charge in [0.2, 0.25) is 5.91 Å². The number of amides is 1. The van der Waals surface area contributed by atoms with Crippen LogP contribution in [0.3, 0.4) is 0 Å². The van der Waals surface area contributed by atoms with Crippen LogP contribution in [0.15, 0.2) is 47.4 Å². The molecule has 0 heterocycles. The Morgan fingerprint density at radius 1 is 1.04 bits per heavy atom. The molecule has 1 N–H and O–H groups in total. The maximum Gasteiger partial charge on any atom is 0.225 e. The molecule has 0 spiro atoms. The van der Waals surface area contributed by atoms with Crippen LogP contribution in [-0.2, 0) is 14.6 Å². The average molecular weight is 339 g/mol. The van der Waals surface area contributed by atoms with Crippen molar-refractivity contribution < 1.29 is 22.0 Å². The van der Waals surface area contributed by atoms with Gasteiger partial charge in [0.05, 0.1) is 10.6 Å². The zero-order valence-corrected chi connectivity index (χ0v) is 13.2. The Kier molecular flexibility index (Phi) is 5.10. The third-order valence-corrected chi connectivity index (χ3v) is 4.94. The zero-order valence-electron chi connectivity index (χ0n) is 12.3. The second-order valence-corrected chi connectivity index (χ2v) is 7.14. The number of aryl methyl sites for hydroxylation is 1. The SMILES string of the molecule is Cc1ccc(S(=O)(=O)CCC(=O)Nc2c(F)cccc2F)cc1. The number of benzene rings is 2. The lowest BCUT2D eigenvalue weighted by molar-refractivity contribution is -0.115. The lowest BCUT2D eigenvalue weighted by Gasteiger charge is -2.08. The van der Waals surface area contributed by atoms with Crippen molar-refractivity contribution in [1.82, 2.24) is 0 Å². The molecule has 1 amide bonds. The lowest BCUT2D eigenvalue weighted by Crippen LogP contribution is -2.18. The Hall–Kier alpha value is -2.28. The minimum absolute atomic E-state index is 0.105. The summed E-state index contributed by atoms with van der Waals surface area (Å²) in [7, 11) is -3.63. The highest BCUT2D eigenvalue weighted by atomic mass is 32.2. The van der Waals surface area contributed by atoms with Crippen LogP contribution in [0, 0.1) is 18.6 Å². The van der Waals surface area contributed by atoms with Gasteiger partial charge < -0.3 is 5.32 Å². The number of rotatable bonds is 5. The Bertz CT molecular complexity index is 797. The van der Waals surface area contributed by atoms with E-state index in [1.165, 1.54) is 18.2 Å². The predicted molar refractivity (Wildman–Crippen MR) is 82.8 cm³/mol. The minimum atomic E-state index is -3.63. The van der Waals surface area contributed by atoms with E-state index >= 15 is 0 Å². The molecule has 0 saturated carbocycles. The smallest absolute Gasteiger partial charge is 0.225 e. The summed E-state index contributed by atoms with van der Waals surface area (Å²) >= 11 is 0. The molecule has 2 aromatic carbocycles. The van der Waals surface area contributed by atoms with E-state index in [9.17, 15) is 22.0 Å². The largest absolute Gasteiger partial charge is 0.321 e. The molecule has 2 rings (SSSR count). The molecular weight excluding hydrogens is 324 g/mol. The molecule has 0 radical (unpaired) electrons. The molecule has 0 aliphatic rings. The number of nitrogens with one attached hydrogen (secondary N) is 1. The van der Waals surface area contributed by atoms with E-state index in [2.05, 4.69) is 5.32 Å². The summed E-state index contributed by atoms with van der Waals surface area (Å²) in [6.07, 6.45) is -0.399. The fraction of sp³-hybridized carbons (Fsp3) is 0.188. The van der Waals surface area contributed by atoms with Gasteiger partial charge in [-0.25, -0.2) is 17.2 Å². The first-order chi connectivity index (χ1) is 10.8. The Balaban J connectivity index is 2.03. The minimum Gasteiger partial charge on any atom is -0.321 e. The van der Waals surface area contributed by atoms with Crippen molar-refractivity contribution in [3.63, 3.8) is 0 Å². The molecule has 0 bridgehead atoms. The molecule has 2 aromatic rings. The third kappa shape index (κ3) is 4.35. The van der Waals surface area contributed by atoms with Crippen LogP contribution in [0.4, 0.5) is 14.5 Å². The van der Waals surface area contributed by atoms with Crippen molar-refractivity contribution in [1.29, 1.82) is 0 Å². The molecule has 122 valence electrons. The van der Waals surface area contributed by atoms with Crippen molar-refractivity contribution in [2.45, 2.75) is 18.2 Å². The average Bonchev–Trinajstić information content (AvgIpc) is 2.50. The van der Waals surface area contributed by atoms with E-state index in [1.807, 2.05) is 6.92 Å². The molecule has 0 fully saturated rings. The van der Waals surface area contributed by atoms with Crippen molar-refractivity contribution in [2.24, 2.45) is 0 Å². The Morgan fingerprint density at radius 2 is 1.61 bits per heavy atom. The predicted octanol–water partition coefficient (Wildman–Crippen LogP) is 3.08. The number of halogens is 2. The van der Waals surface area contributed by atoms with E-state index in [-0.39, 0.29) is 4.90 Å². The molecule has 0 aliphatic heterocycles. The monoisotopic (exact) mass is 339 g/mol.